The van der Waals surface area contributed by atoms with Crippen molar-refractivity contribution in [3.05, 3.63) is 127 Å². The van der Waals surface area contributed by atoms with Gasteiger partial charge in [0.15, 0.2) is 0 Å². The number of para-hydroxylation sites is 5. The molecule has 45 heavy (non-hydrogen) atoms. The predicted octanol–water partition coefficient (Wildman–Crippen LogP) is 11.1. The second-order valence-electron chi connectivity index (χ2n) is 12.9. The molecule has 0 saturated carbocycles. The van der Waals surface area contributed by atoms with Gasteiger partial charge in [-0.3, -0.25) is 0 Å². The van der Waals surface area contributed by atoms with E-state index in [4.69, 9.17) is 0 Å². The molecule has 0 N–H and O–H groups in total. The first-order valence-corrected chi connectivity index (χ1v) is 15.7. The van der Waals surface area contributed by atoms with Crippen LogP contribution in [0, 0.1) is 0 Å². The third-order valence-electron chi connectivity index (χ3n) is 11.0. The molecule has 204 valence electrons. The van der Waals surface area contributed by atoms with Crippen molar-refractivity contribution < 1.29 is 0 Å². The Balaban J connectivity index is 1.26. The Bertz CT molecular complexity index is 3200. The van der Waals surface area contributed by atoms with Gasteiger partial charge in [0.25, 0.3) is 0 Å². The summed E-state index contributed by atoms with van der Waals surface area (Å²) < 4.78 is 7.54. The van der Waals surface area contributed by atoms with E-state index in [1.807, 2.05) is 0 Å². The van der Waals surface area contributed by atoms with Crippen molar-refractivity contribution in [3.8, 4) is 0 Å². The Morgan fingerprint density at radius 3 is 0.844 bits per heavy atom. The molecule has 0 atom stereocenters. The van der Waals surface area contributed by atoms with E-state index in [-0.39, 0.29) is 0 Å². The van der Waals surface area contributed by atoms with E-state index < -0.39 is 0 Å². The molecule has 0 radical (unpaired) electrons. The highest BCUT2D eigenvalue weighted by atomic mass is 14.9. The Morgan fingerprint density at radius 2 is 0.489 bits per heavy atom. The molecule has 0 fully saturated rings. The van der Waals surface area contributed by atoms with E-state index in [0.717, 1.165) is 0 Å². The topological polar surface area (TPSA) is 13.2 Å². The van der Waals surface area contributed by atoms with Crippen LogP contribution in [-0.2, 0) is 0 Å². The summed E-state index contributed by atoms with van der Waals surface area (Å²) in [5, 5.41) is 15.8. The molecule has 6 aromatic heterocycles. The quantitative estimate of drug-likeness (QED) is 0.173. The summed E-state index contributed by atoms with van der Waals surface area (Å²) in [6.07, 6.45) is 0. The molecule has 0 bridgehead atoms. The van der Waals surface area contributed by atoms with E-state index in [0.29, 0.717) is 0 Å². The van der Waals surface area contributed by atoms with Crippen LogP contribution in [0.1, 0.15) is 0 Å². The van der Waals surface area contributed by atoms with Crippen molar-refractivity contribution >= 4 is 114 Å². The third-order valence-corrected chi connectivity index (χ3v) is 11.0. The summed E-state index contributed by atoms with van der Waals surface area (Å²) >= 11 is 0. The van der Waals surface area contributed by atoms with E-state index >= 15 is 0 Å². The van der Waals surface area contributed by atoms with Crippen LogP contribution < -0.4 is 0 Å². The van der Waals surface area contributed by atoms with E-state index in [2.05, 4.69) is 141 Å². The smallest absolute Gasteiger partial charge is 0.0620 e. The summed E-state index contributed by atoms with van der Waals surface area (Å²) in [5.41, 5.74) is 11.7. The van der Waals surface area contributed by atoms with E-state index in [9.17, 15) is 0 Å². The van der Waals surface area contributed by atoms with Gasteiger partial charge in [0.1, 0.15) is 0 Å². The number of fused-ring (bicyclic) bond motifs is 18. The second kappa shape index (κ2) is 6.85. The molecule has 3 nitrogen and oxygen atoms in total. The zero-order chi connectivity index (χ0) is 28.7. The van der Waals surface area contributed by atoms with Gasteiger partial charge in [0.2, 0.25) is 0 Å². The third kappa shape index (κ3) is 2.18. The molecule has 0 amide bonds. The van der Waals surface area contributed by atoms with Gasteiger partial charge in [-0.05, 0) is 36.4 Å². The van der Waals surface area contributed by atoms with Crippen molar-refractivity contribution in [3.63, 3.8) is 0 Å². The first-order chi connectivity index (χ1) is 22.3. The van der Waals surface area contributed by atoms with Crippen molar-refractivity contribution in [1.82, 2.24) is 13.2 Å². The minimum Gasteiger partial charge on any atom is -0.308 e. The standard InChI is InChI=1S/C42H21N3/c1-3-16-34-22(8-1)24-10-5-12-26-30-20-38-32(18-36(30)43(34)40(24)26)28-14-7-15-29-33-19-37-31(21-39(33)45(38)42(28)29)27-13-6-11-25-23-9-2-4-17-35(23)44(37)41(25)27/h1-21H. The molecule has 0 unspecified atom stereocenters. The number of rotatable bonds is 0. The zero-order valence-corrected chi connectivity index (χ0v) is 24.0. The number of benzene rings is 7. The average molecular weight is 568 g/mol. The Kier molecular flexibility index (Phi) is 3.29. The monoisotopic (exact) mass is 567 g/mol. The summed E-state index contributed by atoms with van der Waals surface area (Å²) in [6.45, 7) is 0. The number of nitrogens with zero attached hydrogens (tertiary/aromatic N) is 3. The van der Waals surface area contributed by atoms with Gasteiger partial charge in [0.05, 0.1) is 49.7 Å². The average Bonchev–Trinajstić information content (AvgIpc) is 3.91. The highest BCUT2D eigenvalue weighted by molar-refractivity contribution is 6.31. The highest BCUT2D eigenvalue weighted by Gasteiger charge is 2.24. The zero-order valence-electron chi connectivity index (χ0n) is 24.0. The second-order valence-corrected chi connectivity index (χ2v) is 12.9. The van der Waals surface area contributed by atoms with Crippen LogP contribution in [0.4, 0.5) is 0 Å². The molecule has 0 saturated heterocycles. The molecular formula is C42H21N3. The Labute approximate surface area is 254 Å². The Morgan fingerprint density at radius 1 is 0.222 bits per heavy atom. The van der Waals surface area contributed by atoms with Gasteiger partial charge in [-0.25, -0.2) is 0 Å². The normalized spacial score (nSPS) is 13.3. The van der Waals surface area contributed by atoms with Gasteiger partial charge < -0.3 is 13.2 Å². The van der Waals surface area contributed by atoms with Crippen LogP contribution in [0.2, 0.25) is 0 Å². The minimum atomic E-state index is 1.28. The van der Waals surface area contributed by atoms with E-state index in [1.54, 1.807) is 0 Å². The number of aromatic nitrogens is 3. The molecule has 0 aliphatic rings. The van der Waals surface area contributed by atoms with Crippen molar-refractivity contribution in [2.45, 2.75) is 0 Å². The lowest BCUT2D eigenvalue weighted by molar-refractivity contribution is 1.36. The maximum atomic E-state index is 2.55. The summed E-state index contributed by atoms with van der Waals surface area (Å²) in [5.74, 6) is 0. The van der Waals surface area contributed by atoms with Crippen LogP contribution in [-0.4, -0.2) is 13.2 Å². The maximum Gasteiger partial charge on any atom is 0.0620 e. The molecule has 7 aromatic carbocycles. The first-order valence-electron chi connectivity index (χ1n) is 15.7. The molecule has 0 aliphatic heterocycles. The van der Waals surface area contributed by atoms with E-state index in [1.165, 1.54) is 114 Å². The SMILES string of the molecule is c1ccc2c(c1)c1cccc3c4cc5c(cc4n2c13)c1cccc2c3cc4c(cc3n5c12)c1cccc2c3ccccc3n4c21. The lowest BCUT2D eigenvalue weighted by atomic mass is 10.0. The fourth-order valence-electron chi connectivity index (χ4n) is 9.32. The van der Waals surface area contributed by atoms with Crippen LogP contribution in [0.25, 0.3) is 114 Å². The highest BCUT2D eigenvalue weighted by Crippen LogP contribution is 2.46. The van der Waals surface area contributed by atoms with Crippen molar-refractivity contribution in [2.75, 3.05) is 0 Å². The molecular weight excluding hydrogens is 546 g/mol. The van der Waals surface area contributed by atoms with Crippen molar-refractivity contribution in [1.29, 1.82) is 0 Å². The van der Waals surface area contributed by atoms with Crippen LogP contribution in [0.15, 0.2) is 127 Å². The molecule has 13 aromatic rings. The molecule has 3 heteroatoms. The van der Waals surface area contributed by atoms with Gasteiger partial charge >= 0.3 is 0 Å². The van der Waals surface area contributed by atoms with Gasteiger partial charge in [-0.1, -0.05) is 91.0 Å². The molecule has 0 spiro atoms. The van der Waals surface area contributed by atoms with Crippen molar-refractivity contribution in [2.24, 2.45) is 0 Å². The summed E-state index contributed by atoms with van der Waals surface area (Å²) in [7, 11) is 0. The van der Waals surface area contributed by atoms with Gasteiger partial charge in [-0.15, -0.1) is 0 Å². The summed E-state index contributed by atoms with van der Waals surface area (Å²) in [6, 6.07) is 48.0. The summed E-state index contributed by atoms with van der Waals surface area (Å²) in [4.78, 5) is 0. The molecule has 6 heterocycles. The number of hydrogen-bond acceptors (Lipinski definition) is 0. The molecule has 0 aliphatic carbocycles. The largest absolute Gasteiger partial charge is 0.308 e. The predicted molar refractivity (Wildman–Crippen MR) is 190 cm³/mol. The van der Waals surface area contributed by atoms with Crippen LogP contribution >= 0.6 is 0 Å². The molecule has 13 rings (SSSR count). The van der Waals surface area contributed by atoms with Gasteiger partial charge in [-0.2, -0.15) is 0 Å². The first kappa shape index (κ1) is 21.6. The fraction of sp³-hybridized carbons (Fsp3) is 0. The Hall–Kier alpha value is -6.06. The fourth-order valence-corrected chi connectivity index (χ4v) is 9.32. The lowest BCUT2D eigenvalue weighted by Gasteiger charge is -2.03. The maximum absolute atomic E-state index is 2.55. The van der Waals surface area contributed by atoms with Crippen LogP contribution in [0.5, 0.6) is 0 Å². The number of hydrogen-bond donors (Lipinski definition) is 0. The van der Waals surface area contributed by atoms with Crippen LogP contribution in [0.3, 0.4) is 0 Å². The minimum absolute atomic E-state index is 1.28. The van der Waals surface area contributed by atoms with Gasteiger partial charge in [0, 0.05) is 64.6 Å². The lowest BCUT2D eigenvalue weighted by Crippen LogP contribution is -1.84.